The van der Waals surface area contributed by atoms with Crippen molar-refractivity contribution in [2.24, 2.45) is 0 Å². The predicted octanol–water partition coefficient (Wildman–Crippen LogP) is 4.76. The lowest BCUT2D eigenvalue weighted by Gasteiger charge is -2.27. The van der Waals surface area contributed by atoms with E-state index in [4.69, 9.17) is 11.6 Å². The molecular weight excluding hydrogens is 382 g/mol. The number of imide groups is 1. The summed E-state index contributed by atoms with van der Waals surface area (Å²) in [6.45, 7) is 7.53. The zero-order valence-corrected chi connectivity index (χ0v) is 16.8. The number of hydrogen-bond acceptors (Lipinski definition) is 4. The second-order valence-electron chi connectivity index (χ2n) is 6.64. The molecule has 0 N–H and O–H groups in total. The maximum atomic E-state index is 13.1. The molecule has 0 atom stereocenters. The van der Waals surface area contributed by atoms with Gasteiger partial charge >= 0.3 is 6.03 Å². The van der Waals surface area contributed by atoms with Crippen molar-refractivity contribution in [2.75, 3.05) is 10.7 Å². The van der Waals surface area contributed by atoms with Gasteiger partial charge in [0.2, 0.25) is 0 Å². The Kier molecular flexibility index (Phi) is 5.58. The third-order valence-corrected chi connectivity index (χ3v) is 5.94. The molecule has 3 amide bonds. The van der Waals surface area contributed by atoms with Crippen molar-refractivity contribution in [1.29, 1.82) is 0 Å². The lowest BCUT2D eigenvalue weighted by atomic mass is 10.0. The maximum absolute atomic E-state index is 13.1. The maximum Gasteiger partial charge on any atom is 0.332 e. The number of benzene rings is 1. The van der Waals surface area contributed by atoms with Crippen molar-refractivity contribution < 1.29 is 9.59 Å². The molecule has 2 heterocycles. The molecule has 140 valence electrons. The molecule has 3 rings (SSSR count). The summed E-state index contributed by atoms with van der Waals surface area (Å²) in [5.41, 5.74) is 0.432. The molecule has 0 saturated carbocycles. The molecule has 0 spiro atoms. The summed E-state index contributed by atoms with van der Waals surface area (Å²) in [5.74, 6) is 0.456. The van der Waals surface area contributed by atoms with Gasteiger partial charge in [0.1, 0.15) is 5.54 Å². The molecule has 0 radical (unpaired) electrons. The molecule has 1 aromatic carbocycles. The van der Waals surface area contributed by atoms with Crippen molar-refractivity contribution in [1.82, 2.24) is 9.88 Å². The van der Waals surface area contributed by atoms with E-state index in [0.717, 1.165) is 16.2 Å². The summed E-state index contributed by atoms with van der Waals surface area (Å²) in [6, 6.07) is 8.54. The second-order valence-corrected chi connectivity index (χ2v) is 8.11. The van der Waals surface area contributed by atoms with Gasteiger partial charge in [0.15, 0.2) is 0 Å². The number of amides is 3. The molecule has 1 aliphatic rings. The molecule has 5 nitrogen and oxygen atoms in total. The van der Waals surface area contributed by atoms with Crippen LogP contribution in [0.2, 0.25) is 5.02 Å². The van der Waals surface area contributed by atoms with E-state index >= 15 is 0 Å². The Morgan fingerprint density at radius 2 is 1.93 bits per heavy atom. The summed E-state index contributed by atoms with van der Waals surface area (Å²) in [7, 11) is 0. The molecule has 1 aromatic heterocycles. The number of urea groups is 1. The van der Waals surface area contributed by atoms with Gasteiger partial charge in [-0.05, 0) is 49.7 Å². The third kappa shape index (κ3) is 3.73. The van der Waals surface area contributed by atoms with Crippen LogP contribution in [0, 0.1) is 0 Å². The van der Waals surface area contributed by atoms with Crippen LogP contribution in [0.4, 0.5) is 10.5 Å². The molecule has 0 aliphatic carbocycles. The first-order valence-electron chi connectivity index (χ1n) is 8.44. The highest BCUT2D eigenvalue weighted by molar-refractivity contribution is 7.99. The average molecular weight is 402 g/mol. The van der Waals surface area contributed by atoms with Crippen LogP contribution in [0.25, 0.3) is 0 Å². The third-order valence-electron chi connectivity index (χ3n) is 4.44. The zero-order chi connectivity index (χ0) is 19.6. The number of thioether (sulfide) groups is 1. The SMILES string of the molecule is C=CCSc1ccc(N2C(=O)N(Cc3ccncc3)C(C)(C)C2=O)cc1Cl. The molecule has 27 heavy (non-hydrogen) atoms. The Hall–Kier alpha value is -2.31. The lowest BCUT2D eigenvalue weighted by Crippen LogP contribution is -2.43. The number of anilines is 1. The fourth-order valence-corrected chi connectivity index (χ4v) is 3.89. The van der Waals surface area contributed by atoms with E-state index in [0.29, 0.717) is 17.3 Å². The Morgan fingerprint density at radius 1 is 1.22 bits per heavy atom. The number of carbonyl (C=O) groups excluding carboxylic acids is 2. The van der Waals surface area contributed by atoms with Crippen LogP contribution in [-0.2, 0) is 11.3 Å². The molecular formula is C20H20ClN3O2S. The number of halogens is 1. The van der Waals surface area contributed by atoms with Crippen LogP contribution in [0.15, 0.2) is 60.3 Å². The summed E-state index contributed by atoms with van der Waals surface area (Å²) in [5, 5.41) is 0.505. The largest absolute Gasteiger partial charge is 0.332 e. The quantitative estimate of drug-likeness (QED) is 0.398. The normalized spacial score (nSPS) is 16.1. The standard InChI is InChI=1S/C20H20ClN3O2S/c1-4-11-27-17-6-5-15(12-16(17)21)24-18(25)20(2,3)23(19(24)26)13-14-7-9-22-10-8-14/h4-10,12H,1,11,13H2,2-3H3. The van der Waals surface area contributed by atoms with Gasteiger partial charge < -0.3 is 4.90 Å². The van der Waals surface area contributed by atoms with Crippen molar-refractivity contribution in [3.05, 3.63) is 66.0 Å². The van der Waals surface area contributed by atoms with Crippen molar-refractivity contribution in [3.63, 3.8) is 0 Å². The monoisotopic (exact) mass is 401 g/mol. The smallest absolute Gasteiger partial charge is 0.305 e. The zero-order valence-electron chi connectivity index (χ0n) is 15.2. The molecule has 7 heteroatoms. The topological polar surface area (TPSA) is 53.5 Å². The fourth-order valence-electron chi connectivity index (χ4n) is 2.89. The molecule has 0 bridgehead atoms. The minimum Gasteiger partial charge on any atom is -0.305 e. The van der Waals surface area contributed by atoms with Gasteiger partial charge in [-0.2, -0.15) is 0 Å². The van der Waals surface area contributed by atoms with E-state index in [1.807, 2.05) is 18.2 Å². The lowest BCUT2D eigenvalue weighted by molar-refractivity contribution is -0.123. The molecule has 1 saturated heterocycles. The summed E-state index contributed by atoms with van der Waals surface area (Å²) >= 11 is 7.90. The second kappa shape index (κ2) is 7.74. The van der Waals surface area contributed by atoms with E-state index < -0.39 is 5.54 Å². The van der Waals surface area contributed by atoms with Gasteiger partial charge in [-0.25, -0.2) is 9.69 Å². The minimum atomic E-state index is -0.955. The van der Waals surface area contributed by atoms with Crippen molar-refractivity contribution in [3.8, 4) is 0 Å². The fraction of sp³-hybridized carbons (Fsp3) is 0.250. The number of pyridine rings is 1. The van der Waals surface area contributed by atoms with Gasteiger partial charge in [-0.1, -0.05) is 17.7 Å². The van der Waals surface area contributed by atoms with E-state index in [1.54, 1.807) is 61.1 Å². The van der Waals surface area contributed by atoms with Crippen LogP contribution < -0.4 is 4.90 Å². The first-order chi connectivity index (χ1) is 12.9. The summed E-state index contributed by atoms with van der Waals surface area (Å²) in [6.07, 6.45) is 5.13. The number of carbonyl (C=O) groups is 2. The Balaban J connectivity index is 1.90. The molecule has 1 fully saturated rings. The number of rotatable bonds is 6. The van der Waals surface area contributed by atoms with Crippen molar-refractivity contribution in [2.45, 2.75) is 30.8 Å². The Labute approximate surface area is 168 Å². The highest BCUT2D eigenvalue weighted by Gasteiger charge is 2.51. The van der Waals surface area contributed by atoms with Gasteiger partial charge in [0, 0.05) is 29.6 Å². The van der Waals surface area contributed by atoms with Crippen LogP contribution in [0.5, 0.6) is 0 Å². The Bertz CT molecular complexity index is 886. The van der Waals surface area contributed by atoms with Gasteiger partial charge in [0.05, 0.1) is 10.7 Å². The Morgan fingerprint density at radius 3 is 2.56 bits per heavy atom. The predicted molar refractivity (Wildman–Crippen MR) is 109 cm³/mol. The minimum absolute atomic E-state index is 0.274. The first-order valence-corrected chi connectivity index (χ1v) is 9.81. The molecule has 2 aromatic rings. The van der Waals surface area contributed by atoms with E-state index in [-0.39, 0.29) is 11.9 Å². The van der Waals surface area contributed by atoms with E-state index in [1.165, 1.54) is 4.90 Å². The number of hydrogen-bond donors (Lipinski definition) is 0. The van der Waals surface area contributed by atoms with Crippen LogP contribution in [0.1, 0.15) is 19.4 Å². The van der Waals surface area contributed by atoms with Gasteiger partial charge in [-0.3, -0.25) is 9.78 Å². The molecule has 0 unspecified atom stereocenters. The van der Waals surface area contributed by atoms with E-state index in [9.17, 15) is 9.59 Å². The summed E-state index contributed by atoms with van der Waals surface area (Å²) in [4.78, 5) is 33.7. The van der Waals surface area contributed by atoms with Gasteiger partial charge in [-0.15, -0.1) is 18.3 Å². The highest BCUT2D eigenvalue weighted by atomic mass is 35.5. The highest BCUT2D eigenvalue weighted by Crippen LogP contribution is 2.36. The van der Waals surface area contributed by atoms with Crippen LogP contribution >= 0.6 is 23.4 Å². The average Bonchev–Trinajstić information content (AvgIpc) is 2.81. The van der Waals surface area contributed by atoms with Crippen LogP contribution in [0.3, 0.4) is 0 Å². The van der Waals surface area contributed by atoms with Crippen LogP contribution in [-0.4, -0.2) is 33.1 Å². The summed E-state index contributed by atoms with van der Waals surface area (Å²) < 4.78 is 0. The number of aromatic nitrogens is 1. The molecule has 1 aliphatic heterocycles. The van der Waals surface area contributed by atoms with Crippen molar-refractivity contribution >= 4 is 41.0 Å². The van der Waals surface area contributed by atoms with E-state index in [2.05, 4.69) is 11.6 Å². The van der Waals surface area contributed by atoms with Gasteiger partial charge in [0.25, 0.3) is 5.91 Å². The number of nitrogens with zero attached hydrogens (tertiary/aromatic N) is 3. The first kappa shape index (κ1) is 19.5.